The minimum absolute atomic E-state index is 0.357. The number of nitrogens with one attached hydrogen (secondary N) is 2. The van der Waals surface area contributed by atoms with Gasteiger partial charge in [-0.3, -0.25) is 4.72 Å². The minimum Gasteiger partial charge on any atom is -0.381 e. The van der Waals surface area contributed by atoms with Gasteiger partial charge in [-0.05, 0) is 36.2 Å². The third kappa shape index (κ3) is 4.65. The fourth-order valence-corrected chi connectivity index (χ4v) is 2.77. The van der Waals surface area contributed by atoms with Crippen LogP contribution in [0.25, 0.3) is 0 Å². The molecule has 0 aliphatic heterocycles. The summed E-state index contributed by atoms with van der Waals surface area (Å²) in [6.07, 6.45) is 1.09. The van der Waals surface area contributed by atoms with Crippen molar-refractivity contribution in [2.75, 3.05) is 16.3 Å². The Hall–Kier alpha value is -1.72. The minimum atomic E-state index is -3.33. The molecular formula is C15H17ClN2O2S. The molecule has 0 heterocycles. The molecule has 2 rings (SSSR count). The zero-order valence-electron chi connectivity index (χ0n) is 11.9. The number of aryl methyl sites for hydroxylation is 1. The highest BCUT2D eigenvalue weighted by atomic mass is 35.5. The predicted octanol–water partition coefficient (Wildman–Crippen LogP) is 3.63. The number of halogens is 1. The molecule has 6 heteroatoms. The Labute approximate surface area is 130 Å². The first-order valence-electron chi connectivity index (χ1n) is 6.41. The van der Waals surface area contributed by atoms with Crippen molar-refractivity contribution in [2.45, 2.75) is 13.5 Å². The highest BCUT2D eigenvalue weighted by Crippen LogP contribution is 2.26. The van der Waals surface area contributed by atoms with Gasteiger partial charge in [0, 0.05) is 12.2 Å². The zero-order chi connectivity index (χ0) is 15.5. The van der Waals surface area contributed by atoms with E-state index < -0.39 is 10.0 Å². The SMILES string of the molecule is Cc1ccccc1CNc1ccc(NS(C)(=O)=O)c(Cl)c1. The standard InChI is InChI=1S/C15H17ClN2O2S/c1-11-5-3-4-6-12(11)10-17-13-7-8-15(14(16)9-13)18-21(2,19)20/h3-9,17-18H,10H2,1-2H3. The second kappa shape index (κ2) is 6.37. The Morgan fingerprint density at radius 2 is 1.86 bits per heavy atom. The van der Waals surface area contributed by atoms with E-state index in [1.807, 2.05) is 12.1 Å². The van der Waals surface area contributed by atoms with E-state index >= 15 is 0 Å². The number of hydrogen-bond acceptors (Lipinski definition) is 3. The van der Waals surface area contributed by atoms with Crippen LogP contribution in [0.1, 0.15) is 11.1 Å². The van der Waals surface area contributed by atoms with Gasteiger partial charge in [-0.1, -0.05) is 35.9 Å². The van der Waals surface area contributed by atoms with Crippen LogP contribution < -0.4 is 10.0 Å². The van der Waals surface area contributed by atoms with Crippen LogP contribution in [0.3, 0.4) is 0 Å². The van der Waals surface area contributed by atoms with Crippen LogP contribution in [0.5, 0.6) is 0 Å². The Kier molecular flexibility index (Phi) is 4.75. The first kappa shape index (κ1) is 15.7. The molecule has 0 fully saturated rings. The summed E-state index contributed by atoms with van der Waals surface area (Å²) in [5.74, 6) is 0. The largest absolute Gasteiger partial charge is 0.381 e. The van der Waals surface area contributed by atoms with E-state index in [1.54, 1.807) is 18.2 Å². The topological polar surface area (TPSA) is 58.2 Å². The second-order valence-corrected chi connectivity index (χ2v) is 7.00. The van der Waals surface area contributed by atoms with Gasteiger partial charge in [0.1, 0.15) is 0 Å². The van der Waals surface area contributed by atoms with Crippen molar-refractivity contribution < 1.29 is 8.42 Å². The predicted molar refractivity (Wildman–Crippen MR) is 88.4 cm³/mol. The number of rotatable bonds is 5. The van der Waals surface area contributed by atoms with Crippen molar-refractivity contribution in [3.63, 3.8) is 0 Å². The summed E-state index contributed by atoms with van der Waals surface area (Å²) in [6.45, 7) is 2.74. The first-order valence-corrected chi connectivity index (χ1v) is 8.68. The van der Waals surface area contributed by atoms with Crippen molar-refractivity contribution in [1.29, 1.82) is 0 Å². The highest BCUT2D eigenvalue weighted by Gasteiger charge is 2.07. The second-order valence-electron chi connectivity index (χ2n) is 4.85. The maximum absolute atomic E-state index is 11.2. The van der Waals surface area contributed by atoms with Gasteiger partial charge >= 0.3 is 0 Å². The number of benzene rings is 2. The van der Waals surface area contributed by atoms with Gasteiger partial charge in [0.25, 0.3) is 0 Å². The van der Waals surface area contributed by atoms with Crippen molar-refractivity contribution in [1.82, 2.24) is 0 Å². The van der Waals surface area contributed by atoms with Crippen molar-refractivity contribution in [3.05, 3.63) is 58.6 Å². The molecule has 0 amide bonds. The van der Waals surface area contributed by atoms with Gasteiger partial charge in [0.05, 0.1) is 17.0 Å². The lowest BCUT2D eigenvalue weighted by molar-refractivity contribution is 0.607. The summed E-state index contributed by atoms with van der Waals surface area (Å²) in [5.41, 5.74) is 3.63. The number of anilines is 2. The zero-order valence-corrected chi connectivity index (χ0v) is 13.4. The molecule has 0 atom stereocenters. The molecule has 0 aliphatic carbocycles. The summed E-state index contributed by atoms with van der Waals surface area (Å²) in [4.78, 5) is 0. The lowest BCUT2D eigenvalue weighted by atomic mass is 10.1. The highest BCUT2D eigenvalue weighted by molar-refractivity contribution is 7.92. The van der Waals surface area contributed by atoms with E-state index in [-0.39, 0.29) is 0 Å². The van der Waals surface area contributed by atoms with Crippen LogP contribution in [0.2, 0.25) is 5.02 Å². The van der Waals surface area contributed by atoms with E-state index in [1.165, 1.54) is 11.1 Å². The third-order valence-electron chi connectivity index (χ3n) is 3.01. The summed E-state index contributed by atoms with van der Waals surface area (Å²) in [5, 5.41) is 3.63. The molecule has 0 unspecified atom stereocenters. The van der Waals surface area contributed by atoms with E-state index in [2.05, 4.69) is 29.1 Å². The maximum Gasteiger partial charge on any atom is 0.229 e. The van der Waals surface area contributed by atoms with Crippen LogP contribution in [-0.4, -0.2) is 14.7 Å². The van der Waals surface area contributed by atoms with Crippen molar-refractivity contribution in [2.24, 2.45) is 0 Å². The molecule has 0 radical (unpaired) electrons. The van der Waals surface area contributed by atoms with E-state index in [4.69, 9.17) is 11.6 Å². The van der Waals surface area contributed by atoms with Gasteiger partial charge in [-0.15, -0.1) is 0 Å². The Morgan fingerprint density at radius 1 is 1.14 bits per heavy atom. The van der Waals surface area contributed by atoms with Crippen LogP contribution in [-0.2, 0) is 16.6 Å². The van der Waals surface area contributed by atoms with Crippen molar-refractivity contribution in [3.8, 4) is 0 Å². The summed E-state index contributed by atoms with van der Waals surface area (Å²) >= 11 is 6.08. The van der Waals surface area contributed by atoms with Crippen LogP contribution in [0.4, 0.5) is 11.4 Å². The molecule has 0 saturated carbocycles. The summed E-state index contributed by atoms with van der Waals surface area (Å²) < 4.78 is 24.8. The Balaban J connectivity index is 2.09. The fraction of sp³-hybridized carbons (Fsp3) is 0.200. The average molecular weight is 325 g/mol. The smallest absolute Gasteiger partial charge is 0.229 e. The molecule has 2 N–H and O–H groups in total. The van der Waals surface area contributed by atoms with Gasteiger partial charge in [0.15, 0.2) is 0 Å². The van der Waals surface area contributed by atoms with Crippen LogP contribution >= 0.6 is 11.6 Å². The molecule has 2 aromatic carbocycles. The first-order chi connectivity index (χ1) is 9.85. The molecule has 21 heavy (non-hydrogen) atoms. The van der Waals surface area contributed by atoms with Crippen LogP contribution in [0.15, 0.2) is 42.5 Å². The molecule has 4 nitrogen and oxygen atoms in total. The Bertz CT molecular complexity index is 745. The lowest BCUT2D eigenvalue weighted by Crippen LogP contribution is -2.10. The fourth-order valence-electron chi connectivity index (χ4n) is 1.91. The van der Waals surface area contributed by atoms with Gasteiger partial charge < -0.3 is 5.32 Å². The molecular weight excluding hydrogens is 308 g/mol. The van der Waals surface area contributed by atoms with Gasteiger partial charge in [-0.25, -0.2) is 8.42 Å². The van der Waals surface area contributed by atoms with E-state index in [0.29, 0.717) is 17.3 Å². The van der Waals surface area contributed by atoms with Gasteiger partial charge in [0.2, 0.25) is 10.0 Å². The van der Waals surface area contributed by atoms with Gasteiger partial charge in [-0.2, -0.15) is 0 Å². The molecule has 2 aromatic rings. The lowest BCUT2D eigenvalue weighted by Gasteiger charge is -2.11. The maximum atomic E-state index is 11.2. The molecule has 0 spiro atoms. The van der Waals surface area contributed by atoms with E-state index in [0.717, 1.165) is 11.9 Å². The molecule has 112 valence electrons. The molecule has 0 saturated heterocycles. The number of sulfonamides is 1. The molecule has 0 bridgehead atoms. The molecule has 0 aliphatic rings. The quantitative estimate of drug-likeness (QED) is 0.883. The summed E-state index contributed by atoms with van der Waals surface area (Å²) in [7, 11) is -3.33. The molecule has 0 aromatic heterocycles. The monoisotopic (exact) mass is 324 g/mol. The number of hydrogen-bond donors (Lipinski definition) is 2. The van der Waals surface area contributed by atoms with Crippen molar-refractivity contribution >= 4 is 33.0 Å². The summed E-state index contributed by atoms with van der Waals surface area (Å²) in [6, 6.07) is 13.2. The normalized spacial score (nSPS) is 11.2. The van der Waals surface area contributed by atoms with Crippen LogP contribution in [0, 0.1) is 6.92 Å². The average Bonchev–Trinajstić information content (AvgIpc) is 2.39. The third-order valence-corrected chi connectivity index (χ3v) is 3.91. The van der Waals surface area contributed by atoms with E-state index in [9.17, 15) is 8.42 Å². The Morgan fingerprint density at radius 3 is 2.48 bits per heavy atom.